The Kier molecular flexibility index (Phi) is 6.44. The molecule has 1 aromatic carbocycles. The number of Topliss-reactive ketones (excluding diaryl/α,β-unsaturated/α-hetero) is 2. The van der Waals surface area contributed by atoms with Crippen LogP contribution >= 0.6 is 0 Å². The highest BCUT2D eigenvalue weighted by Gasteiger charge is 2.78. The van der Waals surface area contributed by atoms with E-state index in [1.165, 1.54) is 0 Å². The van der Waals surface area contributed by atoms with Crippen LogP contribution in [0, 0.1) is 29.1 Å². The fourth-order valence-corrected chi connectivity index (χ4v) is 7.95. The molecule has 1 saturated carbocycles. The number of ketones is 2. The highest BCUT2D eigenvalue weighted by atomic mass is 16.6. The van der Waals surface area contributed by atoms with Crippen LogP contribution in [0.25, 0.3) is 10.9 Å². The highest BCUT2D eigenvalue weighted by Crippen LogP contribution is 2.66. The van der Waals surface area contributed by atoms with Gasteiger partial charge < -0.3 is 25.3 Å². The van der Waals surface area contributed by atoms with Crippen molar-refractivity contribution in [2.24, 2.45) is 29.1 Å². The molecule has 4 aliphatic rings. The standard InChI is InChI=1S/C32H38N2O6/c1-16-8-7-10-21-29-31(4,40-29)18(3)25-26(28(38)20-15-33-22-11-6-5-9-19(20)22)34-30(39)32(21,25)24(36)13-12-23(35)27(37)17(2)14-16/h5-7,9-11,14-16,18,21,23,25-26,28-29,33,35,38H,8,12-13H2,1-4H3,(H,34,39)/b10-7-,17-14-/t16-,18-,21-,23-,25-,26+,28-,29-,31+,32+/m0/s1. The molecular formula is C32H38N2O6. The Balaban J connectivity index is 1.46. The number of aliphatic hydroxyl groups is 2. The quantitative estimate of drug-likeness (QED) is 0.259. The predicted octanol–water partition coefficient (Wildman–Crippen LogP) is 3.55. The van der Waals surface area contributed by atoms with Crippen LogP contribution in [0.2, 0.25) is 0 Å². The lowest BCUT2D eigenvalue weighted by molar-refractivity contribution is -0.149. The molecule has 1 spiro atoms. The first-order valence-electron chi connectivity index (χ1n) is 14.3. The van der Waals surface area contributed by atoms with E-state index in [4.69, 9.17) is 4.74 Å². The maximum Gasteiger partial charge on any atom is 0.235 e. The molecule has 3 heterocycles. The third-order valence-electron chi connectivity index (χ3n) is 10.2. The molecule has 2 aliphatic carbocycles. The Bertz CT molecular complexity index is 1440. The van der Waals surface area contributed by atoms with Gasteiger partial charge in [-0.3, -0.25) is 14.4 Å². The third kappa shape index (κ3) is 3.80. The van der Waals surface area contributed by atoms with Gasteiger partial charge in [0.15, 0.2) is 5.78 Å². The summed E-state index contributed by atoms with van der Waals surface area (Å²) in [5.41, 5.74) is -0.0212. The summed E-state index contributed by atoms with van der Waals surface area (Å²) in [7, 11) is 0. The largest absolute Gasteiger partial charge is 0.386 e. The third-order valence-corrected chi connectivity index (χ3v) is 10.2. The number of benzene rings is 1. The van der Waals surface area contributed by atoms with E-state index in [-0.39, 0.29) is 36.6 Å². The van der Waals surface area contributed by atoms with Crippen LogP contribution in [-0.4, -0.2) is 56.5 Å². The minimum Gasteiger partial charge on any atom is -0.386 e. The molecule has 212 valence electrons. The van der Waals surface area contributed by atoms with E-state index in [0.717, 1.165) is 10.9 Å². The average molecular weight is 547 g/mol. The number of hydrogen-bond donors (Lipinski definition) is 4. The number of aromatic amines is 1. The van der Waals surface area contributed by atoms with Crippen molar-refractivity contribution in [1.29, 1.82) is 0 Å². The molecule has 2 aromatic rings. The summed E-state index contributed by atoms with van der Waals surface area (Å²) in [6.07, 6.45) is 5.26. The second kappa shape index (κ2) is 9.50. The molecule has 1 amide bonds. The number of nitrogens with one attached hydrogen (secondary N) is 2. The van der Waals surface area contributed by atoms with Gasteiger partial charge in [-0.1, -0.05) is 50.3 Å². The lowest BCUT2D eigenvalue weighted by Gasteiger charge is -2.46. The zero-order chi connectivity index (χ0) is 28.6. The molecule has 4 N–H and O–H groups in total. The summed E-state index contributed by atoms with van der Waals surface area (Å²) < 4.78 is 6.31. The van der Waals surface area contributed by atoms with Gasteiger partial charge in [-0.15, -0.1) is 0 Å². The first kappa shape index (κ1) is 27.1. The first-order chi connectivity index (χ1) is 19.0. The van der Waals surface area contributed by atoms with Gasteiger partial charge >= 0.3 is 0 Å². The molecule has 8 heteroatoms. The van der Waals surface area contributed by atoms with Gasteiger partial charge in [0.1, 0.15) is 23.4 Å². The Morgan fingerprint density at radius 2 is 1.90 bits per heavy atom. The zero-order valence-corrected chi connectivity index (χ0v) is 23.4. The van der Waals surface area contributed by atoms with Gasteiger partial charge in [0.25, 0.3) is 0 Å². The minimum atomic E-state index is -1.49. The number of aromatic nitrogens is 1. The van der Waals surface area contributed by atoms with Crippen molar-refractivity contribution in [2.45, 2.75) is 76.9 Å². The number of carbonyl (C=O) groups is 3. The first-order valence-corrected chi connectivity index (χ1v) is 14.3. The summed E-state index contributed by atoms with van der Waals surface area (Å²) in [6, 6.07) is 6.94. The summed E-state index contributed by atoms with van der Waals surface area (Å²) in [5, 5.41) is 26.5. The number of allylic oxidation sites excluding steroid dienone is 2. The smallest absolute Gasteiger partial charge is 0.235 e. The van der Waals surface area contributed by atoms with Gasteiger partial charge in [-0.2, -0.15) is 0 Å². The Labute approximate surface area is 233 Å². The van der Waals surface area contributed by atoms with Crippen molar-refractivity contribution in [1.82, 2.24) is 10.3 Å². The van der Waals surface area contributed by atoms with Crippen molar-refractivity contribution < 1.29 is 29.3 Å². The van der Waals surface area contributed by atoms with E-state index in [0.29, 0.717) is 17.6 Å². The number of rotatable bonds is 2. The predicted molar refractivity (Wildman–Crippen MR) is 149 cm³/mol. The molecule has 0 radical (unpaired) electrons. The number of epoxide rings is 1. The maximum atomic E-state index is 14.4. The van der Waals surface area contributed by atoms with Crippen LogP contribution in [-0.2, 0) is 19.1 Å². The van der Waals surface area contributed by atoms with Gasteiger partial charge in [0.2, 0.25) is 5.91 Å². The minimum absolute atomic E-state index is 0.0264. The number of ether oxygens (including phenoxy) is 1. The summed E-state index contributed by atoms with van der Waals surface area (Å²) in [5.74, 6) is -2.42. The molecule has 40 heavy (non-hydrogen) atoms. The van der Waals surface area contributed by atoms with Crippen molar-refractivity contribution in [3.8, 4) is 0 Å². The average Bonchev–Trinajstić information content (AvgIpc) is 3.30. The molecule has 3 fully saturated rings. The summed E-state index contributed by atoms with van der Waals surface area (Å²) >= 11 is 0. The maximum absolute atomic E-state index is 14.4. The van der Waals surface area contributed by atoms with E-state index in [1.54, 1.807) is 13.1 Å². The number of H-pyrrole nitrogens is 1. The molecule has 6 rings (SSSR count). The molecule has 2 aliphatic heterocycles. The number of aliphatic hydroxyl groups excluding tert-OH is 2. The molecule has 2 saturated heterocycles. The van der Waals surface area contributed by atoms with Gasteiger partial charge in [-0.25, -0.2) is 0 Å². The van der Waals surface area contributed by atoms with E-state index < -0.39 is 52.8 Å². The van der Waals surface area contributed by atoms with E-state index >= 15 is 0 Å². The summed E-state index contributed by atoms with van der Waals surface area (Å²) in [4.78, 5) is 44.6. The van der Waals surface area contributed by atoms with Crippen LogP contribution in [0.3, 0.4) is 0 Å². The lowest BCUT2D eigenvalue weighted by Crippen LogP contribution is -2.58. The number of carbonyl (C=O) groups excluding carboxylic acids is 3. The number of fused-ring (bicyclic) bond motifs is 3. The van der Waals surface area contributed by atoms with E-state index in [2.05, 4.69) is 10.3 Å². The van der Waals surface area contributed by atoms with Gasteiger partial charge in [0, 0.05) is 40.9 Å². The number of amides is 1. The van der Waals surface area contributed by atoms with Gasteiger partial charge in [0.05, 0.1) is 17.7 Å². The Morgan fingerprint density at radius 1 is 1.15 bits per heavy atom. The molecule has 8 nitrogen and oxygen atoms in total. The Hall–Kier alpha value is -3.07. The Morgan fingerprint density at radius 3 is 2.67 bits per heavy atom. The van der Waals surface area contributed by atoms with Crippen molar-refractivity contribution in [3.05, 3.63) is 59.8 Å². The molecule has 0 bridgehead atoms. The van der Waals surface area contributed by atoms with Crippen LogP contribution in [0.5, 0.6) is 0 Å². The summed E-state index contributed by atoms with van der Waals surface area (Å²) in [6.45, 7) is 7.71. The van der Waals surface area contributed by atoms with Crippen LogP contribution in [0.15, 0.2) is 54.3 Å². The zero-order valence-electron chi connectivity index (χ0n) is 23.4. The van der Waals surface area contributed by atoms with Crippen molar-refractivity contribution in [2.75, 3.05) is 0 Å². The SMILES string of the molecule is C/C1=C/[C@@H](C)C/C=C\[C@H]2[C@@H]3O[C@]3(C)[C@@H](C)[C@H]3[C@H]([C@@H](O)c4c[nH]c5ccccc45)NC(=O)[C@]32C(=O)CC[C@H](O)C1=O. The van der Waals surface area contributed by atoms with Crippen molar-refractivity contribution >= 4 is 28.4 Å². The van der Waals surface area contributed by atoms with Crippen LogP contribution in [0.1, 0.15) is 58.6 Å². The topological polar surface area (TPSA) is 132 Å². The molecule has 0 unspecified atom stereocenters. The van der Waals surface area contributed by atoms with Gasteiger partial charge in [-0.05, 0) is 50.2 Å². The van der Waals surface area contributed by atoms with Crippen molar-refractivity contribution in [3.63, 3.8) is 0 Å². The monoisotopic (exact) mass is 546 g/mol. The fourth-order valence-electron chi connectivity index (χ4n) is 7.95. The second-order valence-electron chi connectivity index (χ2n) is 12.5. The molecular weight excluding hydrogens is 508 g/mol. The molecule has 1 aromatic heterocycles. The highest BCUT2D eigenvalue weighted by molar-refractivity contribution is 6.09. The normalized spacial score (nSPS) is 42.7. The van der Waals surface area contributed by atoms with Crippen LogP contribution < -0.4 is 5.32 Å². The molecule has 10 atom stereocenters. The fraction of sp³-hybridized carbons (Fsp3) is 0.531. The number of hydrogen-bond acceptors (Lipinski definition) is 6. The number of para-hydroxylation sites is 1. The van der Waals surface area contributed by atoms with E-state index in [9.17, 15) is 24.6 Å². The van der Waals surface area contributed by atoms with E-state index in [1.807, 2.05) is 63.3 Å². The second-order valence-corrected chi connectivity index (χ2v) is 12.5. The lowest BCUT2D eigenvalue weighted by atomic mass is 9.51. The van der Waals surface area contributed by atoms with Crippen LogP contribution in [0.4, 0.5) is 0 Å².